The Morgan fingerprint density at radius 2 is 1.98 bits per heavy atom. The molecule has 0 atom stereocenters. The van der Waals surface area contributed by atoms with Crippen LogP contribution in [0.15, 0.2) is 52.2 Å². The van der Waals surface area contributed by atoms with Gasteiger partial charge < -0.3 is 15.2 Å². The van der Waals surface area contributed by atoms with Crippen molar-refractivity contribution in [2.45, 2.75) is 39.3 Å². The van der Waals surface area contributed by atoms with E-state index in [-0.39, 0.29) is 23.9 Å². The maximum absolute atomic E-state index is 13.3. The maximum atomic E-state index is 13.3. The zero-order valence-corrected chi connectivity index (χ0v) is 23.3. The van der Waals surface area contributed by atoms with Crippen molar-refractivity contribution in [2.24, 2.45) is 5.10 Å². The van der Waals surface area contributed by atoms with Gasteiger partial charge in [-0.25, -0.2) is 10.1 Å². The highest BCUT2D eigenvalue weighted by atomic mass is 35.5. The SMILES string of the molecule is CCOc1cc(/C=N\NC(=O)c2c(CN3CCCCC3)nnn2-c2nonc2N)ccc1OCc1ccccc1Cl. The molecule has 214 valence electrons. The van der Waals surface area contributed by atoms with E-state index in [1.54, 1.807) is 18.2 Å². The number of aromatic nitrogens is 5. The van der Waals surface area contributed by atoms with Crippen LogP contribution in [0.1, 0.15) is 53.5 Å². The number of hydrogen-bond acceptors (Lipinski definition) is 11. The van der Waals surface area contributed by atoms with E-state index in [0.29, 0.717) is 40.9 Å². The Bertz CT molecular complexity index is 1510. The number of carbonyl (C=O) groups excluding carboxylic acids is 1. The summed E-state index contributed by atoms with van der Waals surface area (Å²) in [6.45, 7) is 4.90. The molecule has 1 amide bonds. The Kier molecular flexibility index (Phi) is 9.06. The minimum atomic E-state index is -0.537. The Morgan fingerprint density at radius 3 is 2.73 bits per heavy atom. The number of nitrogens with zero attached hydrogens (tertiary/aromatic N) is 7. The third-order valence-electron chi connectivity index (χ3n) is 6.46. The number of nitrogen functional groups attached to an aromatic ring is 1. The number of piperidine rings is 1. The number of hydrogen-bond donors (Lipinski definition) is 2. The first-order valence-corrected chi connectivity index (χ1v) is 13.6. The molecule has 1 aliphatic rings. The monoisotopic (exact) mass is 579 g/mol. The first kappa shape index (κ1) is 28.1. The lowest BCUT2D eigenvalue weighted by Crippen LogP contribution is -2.31. The first-order chi connectivity index (χ1) is 20.0. The second kappa shape index (κ2) is 13.2. The molecular formula is C27H30ClN9O4. The molecule has 0 spiro atoms. The molecule has 2 aromatic heterocycles. The van der Waals surface area contributed by atoms with Gasteiger partial charge in [0.1, 0.15) is 12.3 Å². The summed E-state index contributed by atoms with van der Waals surface area (Å²) in [4.78, 5) is 15.6. The topological polar surface area (TPSA) is 159 Å². The summed E-state index contributed by atoms with van der Waals surface area (Å²) in [6.07, 6.45) is 4.87. The van der Waals surface area contributed by atoms with Gasteiger partial charge in [-0.3, -0.25) is 9.69 Å². The number of nitrogens with two attached hydrogens (primary N) is 1. The van der Waals surface area contributed by atoms with Crippen molar-refractivity contribution in [1.82, 2.24) is 35.6 Å². The number of likely N-dealkylation sites (tertiary alicyclic amines) is 1. The number of carbonyl (C=O) groups is 1. The van der Waals surface area contributed by atoms with Crippen molar-refractivity contribution in [2.75, 3.05) is 25.4 Å². The average molecular weight is 580 g/mol. The second-order valence-corrected chi connectivity index (χ2v) is 9.73. The van der Waals surface area contributed by atoms with Gasteiger partial charge in [0.05, 0.1) is 12.8 Å². The molecule has 41 heavy (non-hydrogen) atoms. The van der Waals surface area contributed by atoms with Gasteiger partial charge in [0.2, 0.25) is 11.6 Å². The van der Waals surface area contributed by atoms with E-state index in [0.717, 1.165) is 31.5 Å². The van der Waals surface area contributed by atoms with Crippen LogP contribution in [-0.4, -0.2) is 62.0 Å². The van der Waals surface area contributed by atoms with Gasteiger partial charge in [0.15, 0.2) is 17.2 Å². The second-order valence-electron chi connectivity index (χ2n) is 9.32. The van der Waals surface area contributed by atoms with E-state index >= 15 is 0 Å². The molecule has 14 heteroatoms. The molecule has 2 aromatic carbocycles. The molecule has 0 aliphatic carbocycles. The third kappa shape index (κ3) is 6.81. The highest BCUT2D eigenvalue weighted by Crippen LogP contribution is 2.29. The number of hydrazone groups is 1. The molecule has 0 saturated carbocycles. The molecule has 1 saturated heterocycles. The Morgan fingerprint density at radius 1 is 1.15 bits per heavy atom. The number of nitrogens with one attached hydrogen (secondary N) is 1. The van der Waals surface area contributed by atoms with Crippen LogP contribution in [0.4, 0.5) is 5.82 Å². The lowest BCUT2D eigenvalue weighted by atomic mass is 10.1. The third-order valence-corrected chi connectivity index (χ3v) is 6.83. The maximum Gasteiger partial charge on any atom is 0.292 e. The number of benzene rings is 2. The molecule has 0 radical (unpaired) electrons. The van der Waals surface area contributed by atoms with E-state index in [4.69, 9.17) is 31.4 Å². The molecule has 1 fully saturated rings. The van der Waals surface area contributed by atoms with Gasteiger partial charge >= 0.3 is 0 Å². The molecule has 5 rings (SSSR count). The molecular weight excluding hydrogens is 550 g/mol. The molecule has 0 bridgehead atoms. The van der Waals surface area contributed by atoms with E-state index < -0.39 is 5.91 Å². The van der Waals surface area contributed by atoms with Crippen molar-refractivity contribution in [3.63, 3.8) is 0 Å². The summed E-state index contributed by atoms with van der Waals surface area (Å²) >= 11 is 6.25. The van der Waals surface area contributed by atoms with Crippen LogP contribution in [0.5, 0.6) is 11.5 Å². The lowest BCUT2D eigenvalue weighted by Gasteiger charge is -2.25. The largest absolute Gasteiger partial charge is 0.490 e. The fraction of sp³-hybridized carbons (Fsp3) is 0.333. The van der Waals surface area contributed by atoms with Crippen LogP contribution < -0.4 is 20.6 Å². The van der Waals surface area contributed by atoms with Crippen LogP contribution in [0.2, 0.25) is 5.02 Å². The minimum absolute atomic E-state index is 0.0164. The van der Waals surface area contributed by atoms with E-state index in [9.17, 15) is 4.79 Å². The normalized spacial score (nSPS) is 13.9. The summed E-state index contributed by atoms with van der Waals surface area (Å²) < 4.78 is 17.7. The Hall–Kier alpha value is -4.49. The van der Waals surface area contributed by atoms with Crippen LogP contribution in [0, 0.1) is 0 Å². The molecule has 3 heterocycles. The first-order valence-electron chi connectivity index (χ1n) is 13.2. The van der Waals surface area contributed by atoms with Crippen LogP contribution >= 0.6 is 11.6 Å². The summed E-state index contributed by atoms with van der Waals surface area (Å²) in [7, 11) is 0. The average Bonchev–Trinajstić information content (AvgIpc) is 3.59. The number of anilines is 1. The van der Waals surface area contributed by atoms with E-state index in [2.05, 4.69) is 36.1 Å². The van der Waals surface area contributed by atoms with Gasteiger partial charge in [-0.1, -0.05) is 41.4 Å². The van der Waals surface area contributed by atoms with Gasteiger partial charge in [-0.2, -0.15) is 9.78 Å². The number of halogens is 1. The van der Waals surface area contributed by atoms with Crippen LogP contribution in [0.25, 0.3) is 5.82 Å². The van der Waals surface area contributed by atoms with Crippen molar-refractivity contribution < 1.29 is 18.9 Å². The smallest absolute Gasteiger partial charge is 0.292 e. The number of rotatable bonds is 11. The molecule has 1 aliphatic heterocycles. The molecule has 0 unspecified atom stereocenters. The number of ether oxygens (including phenoxy) is 2. The minimum Gasteiger partial charge on any atom is -0.490 e. The molecule has 3 N–H and O–H groups in total. The molecule has 13 nitrogen and oxygen atoms in total. The van der Waals surface area contributed by atoms with Crippen molar-refractivity contribution in [3.05, 3.63) is 70.0 Å². The predicted octanol–water partition coefficient (Wildman–Crippen LogP) is 3.61. The lowest BCUT2D eigenvalue weighted by molar-refractivity contribution is 0.0944. The van der Waals surface area contributed by atoms with Gasteiger partial charge in [0.25, 0.3) is 5.91 Å². The predicted molar refractivity (Wildman–Crippen MR) is 151 cm³/mol. The highest BCUT2D eigenvalue weighted by Gasteiger charge is 2.26. The van der Waals surface area contributed by atoms with E-state index in [1.165, 1.54) is 17.3 Å². The fourth-order valence-electron chi connectivity index (χ4n) is 4.44. The van der Waals surface area contributed by atoms with Gasteiger partial charge in [0, 0.05) is 17.1 Å². The van der Waals surface area contributed by atoms with E-state index in [1.807, 2.05) is 31.2 Å². The molecule has 4 aromatic rings. The summed E-state index contributed by atoms with van der Waals surface area (Å²) in [5, 5.41) is 20.5. The summed E-state index contributed by atoms with van der Waals surface area (Å²) in [6, 6.07) is 12.8. The zero-order chi connectivity index (χ0) is 28.6. The fourth-order valence-corrected chi connectivity index (χ4v) is 4.63. The number of amides is 1. The summed E-state index contributed by atoms with van der Waals surface area (Å²) in [5.74, 6) is 0.618. The van der Waals surface area contributed by atoms with Crippen molar-refractivity contribution in [3.8, 4) is 17.3 Å². The Balaban J connectivity index is 1.31. The van der Waals surface area contributed by atoms with Crippen LogP contribution in [-0.2, 0) is 13.2 Å². The van der Waals surface area contributed by atoms with Crippen LogP contribution in [0.3, 0.4) is 0 Å². The summed E-state index contributed by atoms with van der Waals surface area (Å²) in [5.41, 5.74) is 10.6. The zero-order valence-electron chi connectivity index (χ0n) is 22.5. The van der Waals surface area contributed by atoms with Crippen molar-refractivity contribution in [1.29, 1.82) is 0 Å². The van der Waals surface area contributed by atoms with Crippen molar-refractivity contribution >= 4 is 29.5 Å². The quantitative estimate of drug-likeness (QED) is 0.198. The van der Waals surface area contributed by atoms with Gasteiger partial charge in [-0.15, -0.1) is 5.10 Å². The van der Waals surface area contributed by atoms with Gasteiger partial charge in [-0.05, 0) is 73.0 Å². The Labute approximate surface area is 241 Å². The standard InChI is InChI=1S/C27H30ClN9O4/c1-2-39-23-14-18(10-11-22(23)40-17-19-8-4-5-9-20(19)28)15-30-32-27(38)24-21(16-36-12-6-3-7-13-36)31-35-37(24)26-25(29)33-41-34-26/h4-5,8-11,14-15H,2-3,6-7,12-13,16-17H2,1H3,(H2,29,33)(H,32,38)/b30-15-. The highest BCUT2D eigenvalue weighted by molar-refractivity contribution is 6.31.